The molecule has 20 heavy (non-hydrogen) atoms. The maximum atomic E-state index is 11.5. The van der Waals surface area contributed by atoms with Crippen LogP contribution in [0.15, 0.2) is 24.3 Å². The molecule has 1 aliphatic heterocycles. The van der Waals surface area contributed by atoms with Gasteiger partial charge in [0.1, 0.15) is 18.3 Å². The van der Waals surface area contributed by atoms with Crippen LogP contribution >= 0.6 is 0 Å². The number of ketones is 1. The third-order valence-corrected chi connectivity index (χ3v) is 2.62. The summed E-state index contributed by atoms with van der Waals surface area (Å²) in [5, 5.41) is 9.62. The lowest BCUT2D eigenvalue weighted by Gasteiger charge is -2.15. The molecule has 0 radical (unpaired) electrons. The van der Waals surface area contributed by atoms with Crippen LogP contribution in [-0.2, 0) is 23.9 Å². The van der Waals surface area contributed by atoms with Gasteiger partial charge in [-0.2, -0.15) is 0 Å². The summed E-state index contributed by atoms with van der Waals surface area (Å²) in [6.07, 6.45) is 2.69. The molecule has 1 rings (SSSR count). The van der Waals surface area contributed by atoms with E-state index in [0.29, 0.717) is 6.42 Å². The smallest absolute Gasteiger partial charge is 0.331 e. The number of aliphatic hydroxyl groups excluding tert-OH is 1. The Kier molecular flexibility index (Phi) is 6.11. The molecule has 0 fully saturated rings. The zero-order valence-electron chi connectivity index (χ0n) is 11.4. The van der Waals surface area contributed by atoms with E-state index in [1.165, 1.54) is 6.08 Å². The minimum Gasteiger partial charge on any atom is -0.459 e. The summed E-state index contributed by atoms with van der Waals surface area (Å²) in [6.45, 7) is 3.24. The SMILES string of the molecule is CC1CC=CC(=O)OC(C)CC(O)C(=O)C=CC(=O)O1. The number of hydrogen-bond donors (Lipinski definition) is 1. The van der Waals surface area contributed by atoms with Crippen molar-refractivity contribution in [3.8, 4) is 0 Å². The van der Waals surface area contributed by atoms with Gasteiger partial charge in [0.2, 0.25) is 0 Å². The Morgan fingerprint density at radius 3 is 2.30 bits per heavy atom. The van der Waals surface area contributed by atoms with Gasteiger partial charge in [0.05, 0.1) is 0 Å². The van der Waals surface area contributed by atoms with Crippen LogP contribution < -0.4 is 0 Å². The van der Waals surface area contributed by atoms with Crippen LogP contribution in [0.2, 0.25) is 0 Å². The van der Waals surface area contributed by atoms with Crippen molar-refractivity contribution in [1.29, 1.82) is 0 Å². The predicted octanol–water partition coefficient (Wildman–Crippen LogP) is 0.686. The number of esters is 2. The maximum Gasteiger partial charge on any atom is 0.331 e. The van der Waals surface area contributed by atoms with Crippen molar-refractivity contribution in [2.75, 3.05) is 0 Å². The second kappa shape index (κ2) is 7.59. The number of rotatable bonds is 0. The van der Waals surface area contributed by atoms with Crippen molar-refractivity contribution >= 4 is 17.7 Å². The first-order valence-corrected chi connectivity index (χ1v) is 6.36. The van der Waals surface area contributed by atoms with Crippen LogP contribution in [0.3, 0.4) is 0 Å². The molecule has 1 aliphatic rings. The van der Waals surface area contributed by atoms with Gasteiger partial charge >= 0.3 is 11.9 Å². The van der Waals surface area contributed by atoms with E-state index in [-0.39, 0.29) is 6.42 Å². The Labute approximate surface area is 117 Å². The molecule has 6 nitrogen and oxygen atoms in total. The van der Waals surface area contributed by atoms with Crippen molar-refractivity contribution in [2.24, 2.45) is 0 Å². The lowest BCUT2D eigenvalue weighted by Crippen LogP contribution is -2.26. The summed E-state index contributed by atoms with van der Waals surface area (Å²) in [4.78, 5) is 34.3. The molecule has 0 amide bonds. The van der Waals surface area contributed by atoms with E-state index in [2.05, 4.69) is 0 Å². The molecule has 1 N–H and O–H groups in total. The first-order chi connectivity index (χ1) is 9.38. The molecular formula is C14H18O6. The molecule has 0 aliphatic carbocycles. The fourth-order valence-corrected chi connectivity index (χ4v) is 1.62. The standard InChI is InChI=1S/C14H18O6/c1-9-4-3-5-13(17)20-10(2)8-12(16)11(15)6-7-14(18)19-9/h3,5-7,9-10,12,16H,4,8H2,1-2H3. The summed E-state index contributed by atoms with van der Waals surface area (Å²) in [5.41, 5.74) is 0. The minimum absolute atomic E-state index is 0.0335. The van der Waals surface area contributed by atoms with E-state index >= 15 is 0 Å². The number of cyclic esters (lactones) is 2. The van der Waals surface area contributed by atoms with Crippen LogP contribution in [0.4, 0.5) is 0 Å². The summed E-state index contributed by atoms with van der Waals surface area (Å²) in [6, 6.07) is 0. The zero-order valence-corrected chi connectivity index (χ0v) is 11.4. The minimum atomic E-state index is -1.33. The number of carbonyl (C=O) groups excluding carboxylic acids is 3. The Morgan fingerprint density at radius 2 is 1.60 bits per heavy atom. The summed E-state index contributed by atoms with van der Waals surface area (Å²) < 4.78 is 9.97. The van der Waals surface area contributed by atoms with E-state index in [0.717, 1.165) is 12.2 Å². The van der Waals surface area contributed by atoms with Gasteiger partial charge in [-0.25, -0.2) is 9.59 Å². The molecule has 110 valence electrons. The Bertz CT molecular complexity index is 437. The molecule has 3 atom stereocenters. The van der Waals surface area contributed by atoms with E-state index in [1.54, 1.807) is 19.9 Å². The number of carbonyl (C=O) groups is 3. The molecule has 0 aromatic heterocycles. The lowest BCUT2D eigenvalue weighted by molar-refractivity contribution is -0.144. The van der Waals surface area contributed by atoms with Gasteiger partial charge < -0.3 is 14.6 Å². The molecule has 6 heteroatoms. The molecule has 0 bridgehead atoms. The van der Waals surface area contributed by atoms with Gasteiger partial charge in [0, 0.05) is 25.0 Å². The molecule has 0 saturated carbocycles. The monoisotopic (exact) mass is 282 g/mol. The highest BCUT2D eigenvalue weighted by atomic mass is 16.5. The van der Waals surface area contributed by atoms with Crippen molar-refractivity contribution < 1.29 is 29.0 Å². The van der Waals surface area contributed by atoms with Gasteiger partial charge in [-0.1, -0.05) is 6.08 Å². The molecule has 0 aromatic rings. The van der Waals surface area contributed by atoms with Gasteiger partial charge in [0.15, 0.2) is 5.78 Å². The third kappa shape index (κ3) is 5.79. The Hall–Kier alpha value is -1.95. The molecule has 1 heterocycles. The van der Waals surface area contributed by atoms with E-state index < -0.39 is 36.0 Å². The maximum absolute atomic E-state index is 11.5. The molecule has 0 aromatic carbocycles. The van der Waals surface area contributed by atoms with E-state index in [4.69, 9.17) is 9.47 Å². The molecular weight excluding hydrogens is 264 g/mol. The van der Waals surface area contributed by atoms with Gasteiger partial charge in [-0.05, 0) is 19.9 Å². The van der Waals surface area contributed by atoms with Crippen molar-refractivity contribution in [1.82, 2.24) is 0 Å². The first kappa shape index (κ1) is 16.1. The van der Waals surface area contributed by atoms with Crippen LogP contribution in [0, 0.1) is 0 Å². The average molecular weight is 282 g/mol. The highest BCUT2D eigenvalue weighted by molar-refractivity contribution is 5.98. The van der Waals surface area contributed by atoms with E-state index in [1.807, 2.05) is 0 Å². The third-order valence-electron chi connectivity index (χ3n) is 2.62. The fraction of sp³-hybridized carbons (Fsp3) is 0.500. The average Bonchev–Trinajstić information content (AvgIpc) is 2.34. The van der Waals surface area contributed by atoms with Crippen LogP contribution in [0.1, 0.15) is 26.7 Å². The normalized spacial score (nSPS) is 29.6. The van der Waals surface area contributed by atoms with Crippen molar-refractivity contribution in [3.05, 3.63) is 24.3 Å². The summed E-state index contributed by atoms with van der Waals surface area (Å²) in [7, 11) is 0. The van der Waals surface area contributed by atoms with Crippen LogP contribution in [0.5, 0.6) is 0 Å². The second-order valence-electron chi connectivity index (χ2n) is 4.62. The van der Waals surface area contributed by atoms with Crippen LogP contribution in [-0.4, -0.2) is 41.1 Å². The highest BCUT2D eigenvalue weighted by Crippen LogP contribution is 2.07. The van der Waals surface area contributed by atoms with Crippen molar-refractivity contribution in [2.45, 2.75) is 45.0 Å². The summed E-state index contributed by atoms with van der Waals surface area (Å²) >= 11 is 0. The largest absolute Gasteiger partial charge is 0.459 e. The van der Waals surface area contributed by atoms with Gasteiger partial charge in [-0.3, -0.25) is 4.79 Å². The molecule has 0 spiro atoms. The number of ether oxygens (including phenoxy) is 2. The molecule has 0 saturated heterocycles. The quantitative estimate of drug-likeness (QED) is 0.657. The number of hydrogen-bond acceptors (Lipinski definition) is 6. The Morgan fingerprint density at radius 1 is 1.00 bits per heavy atom. The zero-order chi connectivity index (χ0) is 15.1. The summed E-state index contributed by atoms with van der Waals surface area (Å²) in [5.74, 6) is -1.87. The number of aliphatic hydroxyl groups is 1. The molecule has 3 unspecified atom stereocenters. The topological polar surface area (TPSA) is 89.9 Å². The van der Waals surface area contributed by atoms with Gasteiger partial charge in [-0.15, -0.1) is 0 Å². The second-order valence-corrected chi connectivity index (χ2v) is 4.62. The fourth-order valence-electron chi connectivity index (χ4n) is 1.62. The highest BCUT2D eigenvalue weighted by Gasteiger charge is 2.19. The van der Waals surface area contributed by atoms with E-state index in [9.17, 15) is 19.5 Å². The Balaban J connectivity index is 2.82. The lowest BCUT2D eigenvalue weighted by atomic mass is 10.1. The van der Waals surface area contributed by atoms with Crippen molar-refractivity contribution in [3.63, 3.8) is 0 Å². The predicted molar refractivity (Wildman–Crippen MR) is 69.6 cm³/mol. The first-order valence-electron chi connectivity index (χ1n) is 6.36. The van der Waals surface area contributed by atoms with Gasteiger partial charge in [0.25, 0.3) is 0 Å². The van der Waals surface area contributed by atoms with Crippen LogP contribution in [0.25, 0.3) is 0 Å².